The van der Waals surface area contributed by atoms with Gasteiger partial charge in [-0.25, -0.2) is 0 Å². The Morgan fingerprint density at radius 1 is 1.39 bits per heavy atom. The van der Waals surface area contributed by atoms with Crippen LogP contribution >= 0.6 is 0 Å². The summed E-state index contributed by atoms with van der Waals surface area (Å²) in [6.45, 7) is 3.11. The average molecular weight is 248 g/mol. The largest absolute Gasteiger partial charge is 0.369 e. The Bertz CT molecular complexity index is 376. The predicted octanol–water partition coefficient (Wildman–Crippen LogP) is 0.121. The maximum Gasteiger partial charge on any atom is 0.231 e. The number of hydrogen-bond acceptors (Lipinski definition) is 4. The summed E-state index contributed by atoms with van der Waals surface area (Å²) in [4.78, 5) is 17.4. The number of rotatable bonds is 5. The third kappa shape index (κ3) is 3.78. The molecule has 3 N–H and O–H groups in total. The summed E-state index contributed by atoms with van der Waals surface area (Å²) in [5.41, 5.74) is 6.52. The molecule has 0 atom stereocenters. The molecule has 0 radical (unpaired) electrons. The van der Waals surface area contributed by atoms with Gasteiger partial charge in [0.15, 0.2) is 0 Å². The van der Waals surface area contributed by atoms with Crippen LogP contribution in [-0.2, 0) is 11.3 Å². The minimum absolute atomic E-state index is 0.261. The minimum Gasteiger partial charge on any atom is -0.369 e. The molecule has 0 saturated carbocycles. The van der Waals surface area contributed by atoms with Crippen molar-refractivity contribution in [1.29, 1.82) is 0 Å². The Hall–Kier alpha value is -1.46. The number of aromatic nitrogens is 1. The molecular weight excluding hydrogens is 228 g/mol. The van der Waals surface area contributed by atoms with Crippen LogP contribution in [0.5, 0.6) is 0 Å². The zero-order valence-corrected chi connectivity index (χ0v) is 10.5. The molecule has 0 aliphatic carbocycles. The fourth-order valence-corrected chi connectivity index (χ4v) is 2.41. The summed E-state index contributed by atoms with van der Waals surface area (Å²) >= 11 is 0. The highest BCUT2D eigenvalue weighted by atomic mass is 16.1. The highest BCUT2D eigenvalue weighted by Gasteiger charge is 2.22. The van der Waals surface area contributed by atoms with Gasteiger partial charge in [-0.1, -0.05) is 0 Å². The van der Waals surface area contributed by atoms with Crippen molar-refractivity contribution in [3.63, 3.8) is 0 Å². The first-order chi connectivity index (χ1) is 8.75. The van der Waals surface area contributed by atoms with Crippen LogP contribution in [-0.4, -0.2) is 41.5 Å². The van der Waals surface area contributed by atoms with Gasteiger partial charge in [-0.05, 0) is 43.6 Å². The Kier molecular flexibility index (Phi) is 4.66. The number of amides is 1. The third-order valence-corrected chi connectivity index (χ3v) is 3.32. The van der Waals surface area contributed by atoms with E-state index in [0.717, 1.165) is 32.5 Å². The standard InChI is InChI=1S/C13H20N4O/c14-13(18)10-17(12-3-7-16-8-4-12)9-11-1-5-15-6-2-11/h1-2,5-6,12,16H,3-4,7-10H2,(H2,14,18). The molecule has 0 aromatic carbocycles. The molecule has 0 bridgehead atoms. The van der Waals surface area contributed by atoms with E-state index in [2.05, 4.69) is 15.2 Å². The Morgan fingerprint density at radius 2 is 2.06 bits per heavy atom. The van der Waals surface area contributed by atoms with Crippen molar-refractivity contribution in [1.82, 2.24) is 15.2 Å². The Morgan fingerprint density at radius 3 is 2.67 bits per heavy atom. The lowest BCUT2D eigenvalue weighted by atomic mass is 10.0. The average Bonchev–Trinajstić information content (AvgIpc) is 2.40. The lowest BCUT2D eigenvalue weighted by molar-refractivity contribution is -0.120. The molecule has 1 fully saturated rings. The van der Waals surface area contributed by atoms with Crippen molar-refractivity contribution in [2.45, 2.75) is 25.4 Å². The Balaban J connectivity index is 2.02. The first-order valence-electron chi connectivity index (χ1n) is 6.37. The van der Waals surface area contributed by atoms with E-state index in [9.17, 15) is 4.79 Å². The molecule has 5 nitrogen and oxygen atoms in total. The highest BCUT2D eigenvalue weighted by molar-refractivity contribution is 5.75. The summed E-state index contributed by atoms with van der Waals surface area (Å²) in [7, 11) is 0. The summed E-state index contributed by atoms with van der Waals surface area (Å²) in [6, 6.07) is 4.40. The molecule has 5 heteroatoms. The maximum absolute atomic E-state index is 11.2. The van der Waals surface area contributed by atoms with Crippen LogP contribution in [0.15, 0.2) is 24.5 Å². The SMILES string of the molecule is NC(=O)CN(Cc1ccncc1)C1CCNCC1. The number of piperidine rings is 1. The fourth-order valence-electron chi connectivity index (χ4n) is 2.41. The molecule has 0 unspecified atom stereocenters. The van der Waals surface area contributed by atoms with Crippen molar-refractivity contribution in [2.75, 3.05) is 19.6 Å². The van der Waals surface area contributed by atoms with Gasteiger partial charge >= 0.3 is 0 Å². The molecule has 1 aliphatic heterocycles. The smallest absolute Gasteiger partial charge is 0.231 e. The van der Waals surface area contributed by atoms with Crippen LogP contribution in [0.25, 0.3) is 0 Å². The van der Waals surface area contributed by atoms with E-state index in [-0.39, 0.29) is 5.91 Å². The summed E-state index contributed by atoms with van der Waals surface area (Å²) in [6.07, 6.45) is 5.69. The van der Waals surface area contributed by atoms with Crippen molar-refractivity contribution < 1.29 is 4.79 Å². The fraction of sp³-hybridized carbons (Fsp3) is 0.538. The molecule has 1 aromatic heterocycles. The number of primary amides is 1. The first-order valence-corrected chi connectivity index (χ1v) is 6.37. The normalized spacial score (nSPS) is 16.9. The van der Waals surface area contributed by atoms with Gasteiger partial charge in [0.1, 0.15) is 0 Å². The molecule has 2 heterocycles. The van der Waals surface area contributed by atoms with Crippen LogP contribution in [0, 0.1) is 0 Å². The number of pyridine rings is 1. The second kappa shape index (κ2) is 6.47. The Labute approximate surface area is 107 Å². The van der Waals surface area contributed by atoms with Crippen molar-refractivity contribution in [3.8, 4) is 0 Å². The van der Waals surface area contributed by atoms with Gasteiger partial charge in [0.05, 0.1) is 6.54 Å². The van der Waals surface area contributed by atoms with Crippen LogP contribution < -0.4 is 11.1 Å². The number of nitrogens with one attached hydrogen (secondary N) is 1. The molecular formula is C13H20N4O. The number of nitrogens with zero attached hydrogens (tertiary/aromatic N) is 2. The van der Waals surface area contributed by atoms with Crippen LogP contribution in [0.1, 0.15) is 18.4 Å². The lowest BCUT2D eigenvalue weighted by Crippen LogP contribution is -2.46. The molecule has 1 aliphatic rings. The van der Waals surface area contributed by atoms with Crippen molar-refractivity contribution >= 4 is 5.91 Å². The van der Waals surface area contributed by atoms with Gasteiger partial charge < -0.3 is 11.1 Å². The van der Waals surface area contributed by atoms with E-state index in [1.54, 1.807) is 12.4 Å². The van der Waals surface area contributed by atoms with Gasteiger partial charge in [-0.15, -0.1) is 0 Å². The highest BCUT2D eigenvalue weighted by Crippen LogP contribution is 2.14. The maximum atomic E-state index is 11.2. The lowest BCUT2D eigenvalue weighted by Gasteiger charge is -2.33. The van der Waals surface area contributed by atoms with E-state index in [1.807, 2.05) is 12.1 Å². The number of carbonyl (C=O) groups is 1. The van der Waals surface area contributed by atoms with Gasteiger partial charge in [-0.3, -0.25) is 14.7 Å². The van der Waals surface area contributed by atoms with Crippen molar-refractivity contribution in [3.05, 3.63) is 30.1 Å². The zero-order chi connectivity index (χ0) is 12.8. The van der Waals surface area contributed by atoms with Gasteiger partial charge in [0, 0.05) is 25.0 Å². The zero-order valence-electron chi connectivity index (χ0n) is 10.5. The third-order valence-electron chi connectivity index (χ3n) is 3.32. The quantitative estimate of drug-likeness (QED) is 0.776. The van der Waals surface area contributed by atoms with E-state index >= 15 is 0 Å². The summed E-state index contributed by atoms with van der Waals surface area (Å²) < 4.78 is 0. The molecule has 1 aromatic rings. The van der Waals surface area contributed by atoms with Crippen LogP contribution in [0.2, 0.25) is 0 Å². The molecule has 98 valence electrons. The second-order valence-corrected chi connectivity index (χ2v) is 4.71. The summed E-state index contributed by atoms with van der Waals surface area (Å²) in [5, 5.41) is 3.33. The van der Waals surface area contributed by atoms with E-state index in [0.29, 0.717) is 12.6 Å². The van der Waals surface area contributed by atoms with Crippen LogP contribution in [0.4, 0.5) is 0 Å². The summed E-state index contributed by atoms with van der Waals surface area (Å²) in [5.74, 6) is -0.261. The van der Waals surface area contributed by atoms with E-state index in [1.165, 1.54) is 5.56 Å². The van der Waals surface area contributed by atoms with Gasteiger partial charge in [-0.2, -0.15) is 0 Å². The molecule has 0 spiro atoms. The first kappa shape index (κ1) is 13.0. The molecule has 18 heavy (non-hydrogen) atoms. The van der Waals surface area contributed by atoms with Crippen LogP contribution in [0.3, 0.4) is 0 Å². The van der Waals surface area contributed by atoms with Gasteiger partial charge in [0.25, 0.3) is 0 Å². The van der Waals surface area contributed by atoms with Gasteiger partial charge in [0.2, 0.25) is 5.91 Å². The van der Waals surface area contributed by atoms with E-state index < -0.39 is 0 Å². The number of hydrogen-bond donors (Lipinski definition) is 2. The second-order valence-electron chi connectivity index (χ2n) is 4.71. The molecule has 1 saturated heterocycles. The van der Waals surface area contributed by atoms with E-state index in [4.69, 9.17) is 5.73 Å². The van der Waals surface area contributed by atoms with Crippen molar-refractivity contribution in [2.24, 2.45) is 5.73 Å². The minimum atomic E-state index is -0.261. The topological polar surface area (TPSA) is 71.2 Å². The molecule has 2 rings (SSSR count). The number of carbonyl (C=O) groups excluding carboxylic acids is 1. The number of nitrogens with two attached hydrogens (primary N) is 1. The molecule has 1 amide bonds. The predicted molar refractivity (Wildman–Crippen MR) is 69.7 cm³/mol. The monoisotopic (exact) mass is 248 g/mol.